The Morgan fingerprint density at radius 2 is 1.48 bits per heavy atom. The van der Waals surface area contributed by atoms with E-state index < -0.39 is 10.0 Å². The van der Waals surface area contributed by atoms with Gasteiger partial charge in [-0.2, -0.15) is 4.31 Å². The van der Waals surface area contributed by atoms with Crippen LogP contribution in [0.15, 0.2) is 59.5 Å². The van der Waals surface area contributed by atoms with Crippen LogP contribution >= 0.6 is 0 Å². The molecule has 0 atom stereocenters. The van der Waals surface area contributed by atoms with E-state index in [1.807, 2.05) is 30.3 Å². The van der Waals surface area contributed by atoms with E-state index in [1.54, 1.807) is 38.4 Å². The molecule has 6 heteroatoms. The topological polar surface area (TPSA) is 57.7 Å². The van der Waals surface area contributed by atoms with Gasteiger partial charge in [-0.25, -0.2) is 8.42 Å². The molecule has 0 radical (unpaired) electrons. The lowest BCUT2D eigenvalue weighted by Gasteiger charge is -2.20. The average Bonchev–Trinajstić information content (AvgIpc) is 2.55. The molecule has 0 N–H and O–H groups in total. The molecule has 5 nitrogen and oxygen atoms in total. The SMILES string of the molecule is CN(C)C(=O)CN(C)S(=O)(=O)c1ccccc1-c1ccccc1. The lowest BCUT2D eigenvalue weighted by Crippen LogP contribution is -2.37. The summed E-state index contributed by atoms with van der Waals surface area (Å²) in [5.41, 5.74) is 1.44. The Balaban J connectivity index is 2.43. The molecule has 23 heavy (non-hydrogen) atoms. The van der Waals surface area contributed by atoms with Gasteiger partial charge in [-0.1, -0.05) is 48.5 Å². The standard InChI is InChI=1S/C17H20N2O3S/c1-18(2)17(20)13-19(3)23(21,22)16-12-8-7-11-15(16)14-9-5-4-6-10-14/h4-12H,13H2,1-3H3. The molecular formula is C17H20N2O3S. The normalized spacial score (nSPS) is 11.5. The highest BCUT2D eigenvalue weighted by Gasteiger charge is 2.26. The zero-order valence-corrected chi connectivity index (χ0v) is 14.2. The van der Waals surface area contributed by atoms with E-state index >= 15 is 0 Å². The van der Waals surface area contributed by atoms with Gasteiger partial charge in [-0.05, 0) is 11.6 Å². The van der Waals surface area contributed by atoms with Gasteiger partial charge in [0.25, 0.3) is 0 Å². The van der Waals surface area contributed by atoms with Crippen LogP contribution in [0.3, 0.4) is 0 Å². The summed E-state index contributed by atoms with van der Waals surface area (Å²) < 4.78 is 26.8. The summed E-state index contributed by atoms with van der Waals surface area (Å²) >= 11 is 0. The summed E-state index contributed by atoms with van der Waals surface area (Å²) in [7, 11) is 0.850. The highest BCUT2D eigenvalue weighted by Crippen LogP contribution is 2.28. The lowest BCUT2D eigenvalue weighted by molar-refractivity contribution is -0.128. The number of rotatable bonds is 5. The molecule has 0 saturated carbocycles. The highest BCUT2D eigenvalue weighted by molar-refractivity contribution is 7.89. The molecule has 2 aromatic rings. The molecule has 122 valence electrons. The van der Waals surface area contributed by atoms with Crippen molar-refractivity contribution in [1.29, 1.82) is 0 Å². The fourth-order valence-corrected chi connectivity index (χ4v) is 3.46. The second-order valence-corrected chi connectivity index (χ2v) is 7.42. The molecule has 0 unspecified atom stereocenters. The molecule has 0 heterocycles. The van der Waals surface area contributed by atoms with Gasteiger partial charge in [0.15, 0.2) is 0 Å². The fourth-order valence-electron chi connectivity index (χ4n) is 2.13. The molecule has 0 saturated heterocycles. The summed E-state index contributed by atoms with van der Waals surface area (Å²) in [6.07, 6.45) is 0. The molecule has 0 aromatic heterocycles. The zero-order chi connectivity index (χ0) is 17.0. The van der Waals surface area contributed by atoms with Crippen LogP contribution in [0.1, 0.15) is 0 Å². The Kier molecular flexibility index (Phi) is 5.18. The smallest absolute Gasteiger partial charge is 0.243 e. The molecule has 0 aliphatic rings. The number of likely N-dealkylation sites (N-methyl/N-ethyl adjacent to an activating group) is 2. The number of amides is 1. The number of carbonyl (C=O) groups is 1. The fraction of sp³-hybridized carbons (Fsp3) is 0.235. The maximum Gasteiger partial charge on any atom is 0.243 e. The van der Waals surface area contributed by atoms with Crippen LogP contribution in [0.25, 0.3) is 11.1 Å². The summed E-state index contributed by atoms with van der Waals surface area (Å²) in [5, 5.41) is 0. The second-order valence-electron chi connectivity index (χ2n) is 5.41. The third kappa shape index (κ3) is 3.78. The Labute approximate surface area is 137 Å². The van der Waals surface area contributed by atoms with Gasteiger partial charge in [0.2, 0.25) is 15.9 Å². The Hall–Kier alpha value is -2.18. The maximum atomic E-state index is 12.8. The van der Waals surface area contributed by atoms with E-state index in [1.165, 1.54) is 11.9 Å². The number of carbonyl (C=O) groups excluding carboxylic acids is 1. The largest absolute Gasteiger partial charge is 0.348 e. The van der Waals surface area contributed by atoms with E-state index in [9.17, 15) is 13.2 Å². The first-order chi connectivity index (χ1) is 10.8. The molecule has 1 amide bonds. The van der Waals surface area contributed by atoms with Gasteiger partial charge in [-0.3, -0.25) is 4.79 Å². The Bertz CT molecular complexity index is 786. The minimum absolute atomic E-state index is 0.195. The first-order valence-corrected chi connectivity index (χ1v) is 8.59. The van der Waals surface area contributed by atoms with Crippen LogP contribution < -0.4 is 0 Å². The summed E-state index contributed by atoms with van der Waals surface area (Å²) in [4.78, 5) is 13.4. The van der Waals surface area contributed by atoms with Gasteiger partial charge >= 0.3 is 0 Å². The van der Waals surface area contributed by atoms with Crippen LogP contribution in [0, 0.1) is 0 Å². The minimum Gasteiger partial charge on any atom is -0.348 e. The number of benzene rings is 2. The van der Waals surface area contributed by atoms with Gasteiger partial charge < -0.3 is 4.90 Å². The van der Waals surface area contributed by atoms with Gasteiger partial charge in [0.1, 0.15) is 0 Å². The first-order valence-electron chi connectivity index (χ1n) is 7.15. The number of sulfonamides is 1. The number of hydrogen-bond donors (Lipinski definition) is 0. The van der Waals surface area contributed by atoms with Crippen molar-refractivity contribution in [3.05, 3.63) is 54.6 Å². The van der Waals surface area contributed by atoms with Crippen LogP contribution in [0.5, 0.6) is 0 Å². The van der Waals surface area contributed by atoms with E-state index in [4.69, 9.17) is 0 Å². The quantitative estimate of drug-likeness (QED) is 0.842. The van der Waals surface area contributed by atoms with Crippen LogP contribution in [-0.2, 0) is 14.8 Å². The maximum absolute atomic E-state index is 12.8. The van der Waals surface area contributed by atoms with Crippen LogP contribution in [0.2, 0.25) is 0 Å². The number of nitrogens with zero attached hydrogens (tertiary/aromatic N) is 2. The molecule has 2 rings (SSSR count). The van der Waals surface area contributed by atoms with Crippen molar-refractivity contribution in [1.82, 2.24) is 9.21 Å². The van der Waals surface area contributed by atoms with Crippen LogP contribution in [0.4, 0.5) is 0 Å². The van der Waals surface area contributed by atoms with Crippen molar-refractivity contribution in [2.75, 3.05) is 27.7 Å². The second kappa shape index (κ2) is 6.93. The molecule has 0 aliphatic heterocycles. The predicted molar refractivity (Wildman–Crippen MR) is 90.4 cm³/mol. The zero-order valence-electron chi connectivity index (χ0n) is 13.4. The van der Waals surface area contributed by atoms with Crippen molar-refractivity contribution in [3.8, 4) is 11.1 Å². The van der Waals surface area contributed by atoms with Gasteiger partial charge in [0.05, 0.1) is 11.4 Å². The molecular weight excluding hydrogens is 312 g/mol. The molecule has 2 aromatic carbocycles. The summed E-state index contributed by atoms with van der Waals surface area (Å²) in [5.74, 6) is -0.270. The van der Waals surface area contributed by atoms with Crippen LogP contribution in [-0.4, -0.2) is 51.2 Å². The third-order valence-electron chi connectivity index (χ3n) is 3.52. The number of hydrogen-bond acceptors (Lipinski definition) is 3. The van der Waals surface area contributed by atoms with E-state index in [-0.39, 0.29) is 17.3 Å². The minimum atomic E-state index is -3.76. The molecule has 0 fully saturated rings. The average molecular weight is 332 g/mol. The van der Waals surface area contributed by atoms with Gasteiger partial charge in [-0.15, -0.1) is 0 Å². The molecule has 0 spiro atoms. The van der Waals surface area contributed by atoms with Crippen molar-refractivity contribution >= 4 is 15.9 Å². The third-order valence-corrected chi connectivity index (χ3v) is 5.38. The van der Waals surface area contributed by atoms with E-state index in [0.717, 1.165) is 9.87 Å². The lowest BCUT2D eigenvalue weighted by atomic mass is 10.1. The summed E-state index contributed by atoms with van der Waals surface area (Å²) in [6.45, 7) is -0.196. The predicted octanol–water partition coefficient (Wildman–Crippen LogP) is 2.06. The van der Waals surface area contributed by atoms with Crippen molar-refractivity contribution in [2.45, 2.75) is 4.90 Å². The van der Waals surface area contributed by atoms with Crippen molar-refractivity contribution < 1.29 is 13.2 Å². The highest BCUT2D eigenvalue weighted by atomic mass is 32.2. The molecule has 0 aliphatic carbocycles. The van der Waals surface area contributed by atoms with Gasteiger partial charge in [0, 0.05) is 26.7 Å². The first kappa shape index (κ1) is 17.2. The monoisotopic (exact) mass is 332 g/mol. The van der Waals surface area contributed by atoms with Crippen molar-refractivity contribution in [3.63, 3.8) is 0 Å². The summed E-state index contributed by atoms with van der Waals surface area (Å²) in [6, 6.07) is 16.1. The van der Waals surface area contributed by atoms with E-state index in [0.29, 0.717) is 5.56 Å². The van der Waals surface area contributed by atoms with Crippen molar-refractivity contribution in [2.24, 2.45) is 0 Å². The Morgan fingerprint density at radius 1 is 0.913 bits per heavy atom. The van der Waals surface area contributed by atoms with E-state index in [2.05, 4.69) is 0 Å². The molecule has 0 bridgehead atoms. The Morgan fingerprint density at radius 3 is 2.09 bits per heavy atom.